The number of nitrogens with zero attached hydrogens (tertiary/aromatic N) is 5. The van der Waals surface area contributed by atoms with Crippen molar-refractivity contribution < 1.29 is 31.1 Å². The normalized spacial score (nSPS) is 24.2. The maximum Gasteiger partial charge on any atom is 0.216 e. The van der Waals surface area contributed by atoms with Crippen molar-refractivity contribution in [3.63, 3.8) is 0 Å². The van der Waals surface area contributed by atoms with Crippen LogP contribution in [-0.4, -0.2) is 0 Å². The third-order valence-electron chi connectivity index (χ3n) is 22.9. The van der Waals surface area contributed by atoms with Crippen molar-refractivity contribution >= 4 is 0 Å². The number of pyridine rings is 5. The summed E-state index contributed by atoms with van der Waals surface area (Å²) in [6, 6.07) is 53.5. The summed E-state index contributed by atoms with van der Waals surface area (Å²) in [5.41, 5.74) is 31.4. The largest absolute Gasteiger partial charge is 0.216 e. The first-order valence-corrected chi connectivity index (χ1v) is 34.8. The van der Waals surface area contributed by atoms with Gasteiger partial charge in [0.15, 0.2) is 31.0 Å². The molecule has 5 aromatic heterocycles. The summed E-state index contributed by atoms with van der Waals surface area (Å²) >= 11 is 0. The van der Waals surface area contributed by atoms with Crippen LogP contribution in [0.15, 0.2) is 183 Å². The Morgan fingerprint density at radius 3 is 1.22 bits per heavy atom. The summed E-state index contributed by atoms with van der Waals surface area (Å²) in [7, 11) is 10.5. The second-order valence-electron chi connectivity index (χ2n) is 29.0. The summed E-state index contributed by atoms with van der Waals surface area (Å²) in [6.45, 7) is 10.7. The average molecular weight is 1310 g/mol. The molecule has 11 aliphatic rings. The molecule has 0 amide bonds. The molecule has 4 saturated carbocycles. The van der Waals surface area contributed by atoms with E-state index in [1.165, 1.54) is 134 Å². The molecule has 10 aromatic rings. The van der Waals surface area contributed by atoms with Crippen molar-refractivity contribution in [3.8, 4) is 56.3 Å². The van der Waals surface area contributed by atoms with Gasteiger partial charge in [-0.15, -0.1) is 0 Å². The Morgan fingerprint density at radius 2 is 0.724 bits per heavy atom. The summed E-state index contributed by atoms with van der Waals surface area (Å²) in [6.07, 6.45) is 22.6. The van der Waals surface area contributed by atoms with Crippen molar-refractivity contribution in [1.29, 1.82) is 0 Å². The van der Waals surface area contributed by atoms with Gasteiger partial charge in [-0.2, -0.15) is 0 Å². The lowest BCUT2D eigenvalue weighted by Gasteiger charge is -2.41. The fourth-order valence-corrected chi connectivity index (χ4v) is 17.7. The van der Waals surface area contributed by atoms with E-state index in [1.54, 1.807) is 28.3 Å². The molecule has 4 unspecified atom stereocenters. The lowest BCUT2D eigenvalue weighted by molar-refractivity contribution is -0.661. The topological polar surface area (TPSA) is 19.4 Å². The first kappa shape index (κ1) is 64.5. The highest BCUT2D eigenvalue weighted by Crippen LogP contribution is 2.55. The Morgan fingerprint density at radius 1 is 0.337 bits per heavy atom. The molecule has 21 rings (SSSR count). The van der Waals surface area contributed by atoms with E-state index in [9.17, 15) is 0 Å². The van der Waals surface area contributed by atoms with Gasteiger partial charge in [-0.25, -0.2) is 22.8 Å². The molecular weight excluding hydrogens is 1190 g/mol. The molecule has 4 atom stereocenters. The number of rotatable bonds is 5. The Kier molecular flexibility index (Phi) is 19.8. The molecule has 510 valence electrons. The highest BCUT2D eigenvalue weighted by atomic mass is 14.9. The van der Waals surface area contributed by atoms with Gasteiger partial charge in [0.2, 0.25) is 28.5 Å². The molecule has 5 aromatic carbocycles. The smallest absolute Gasteiger partial charge is 0.201 e. The Labute approximate surface area is 600 Å². The number of hydrogen-bond acceptors (Lipinski definition) is 0. The van der Waals surface area contributed by atoms with E-state index in [0.29, 0.717) is 17.0 Å². The summed E-state index contributed by atoms with van der Waals surface area (Å²) < 4.78 is 61.2. The molecule has 0 N–H and O–H groups in total. The van der Waals surface area contributed by atoms with Gasteiger partial charge in [0.1, 0.15) is 35.2 Å². The van der Waals surface area contributed by atoms with Crippen LogP contribution < -0.4 is 22.8 Å². The second kappa shape index (κ2) is 30.1. The number of fused-ring (bicyclic) bond motifs is 11. The van der Waals surface area contributed by atoms with E-state index in [1.807, 2.05) is 49.0 Å². The maximum absolute atomic E-state index is 8.73. The number of aryl methyl sites for hydroxylation is 11. The minimum Gasteiger partial charge on any atom is -0.201 e. The SMILES string of the molecule is C.C.C.C.C.Cc1ccccc1-c1cc2c(c[n+]1C)C1CCC2C1.Cc1ccccc1-c1cc2c(c[n+]1C)CC1CC2C1.[2H]C1([2H])CC([2H])([2H])c2c1cc[n+](C)c2-c1ccccc1C.[2H]C12CC(Cc3c[n+](C)c(-c4ccccc4C)cc31)C2.[2H]C12CCC(C1)c1c[n+](C)c(-c3ccccc3C)cc12. The zero-order valence-electron chi connectivity index (χ0n) is 62.7. The highest BCUT2D eigenvalue weighted by Gasteiger charge is 2.43. The number of aromatic nitrogens is 5. The van der Waals surface area contributed by atoms with Gasteiger partial charge in [-0.1, -0.05) is 128 Å². The second-order valence-corrected chi connectivity index (χ2v) is 29.0. The molecule has 0 spiro atoms. The van der Waals surface area contributed by atoms with Crippen LogP contribution in [0.5, 0.6) is 0 Å². The minimum atomic E-state index is -1.66. The zero-order valence-corrected chi connectivity index (χ0v) is 56.7. The van der Waals surface area contributed by atoms with Gasteiger partial charge in [0.25, 0.3) is 0 Å². The van der Waals surface area contributed by atoms with Crippen LogP contribution in [0.2, 0.25) is 0 Å². The minimum absolute atomic E-state index is 0. The van der Waals surface area contributed by atoms with Crippen LogP contribution in [0.1, 0.15) is 235 Å². The van der Waals surface area contributed by atoms with Crippen LogP contribution in [0.25, 0.3) is 56.3 Å². The van der Waals surface area contributed by atoms with Crippen molar-refractivity contribution in [2.75, 3.05) is 0 Å². The summed E-state index contributed by atoms with van der Waals surface area (Å²) in [5.74, 6) is 4.26. The Balaban J connectivity index is 0.000000138. The standard InChI is InChI=1S/4C18H20N.C16H18N.5CH4/c2*1-12-5-3-4-6-16(12)18-10-17-14-7-13(8-14)9-15(17)11-19(18)2;2*1-12-5-3-4-6-15(12)18-10-16-13-7-8-14(9-13)17(16)11-19(18)2;1-12-6-3-4-8-14(12)16-15-9-5-7-13(15)10-11-17(16)2;;;;;/h4*3-6,10-11,13-14H,7-9H2,1-2H3;3-4,6,8,10-11H,5,7,9H2,1-2H3;5*1H4/q5*+1;;;;;/i14D;;13D;;7D2,9D2;;;;;. The Bertz CT molecular complexity index is 4740. The molecule has 8 bridgehead atoms. The van der Waals surface area contributed by atoms with Gasteiger partial charge < -0.3 is 0 Å². The van der Waals surface area contributed by atoms with Gasteiger partial charge >= 0.3 is 0 Å². The molecule has 0 aliphatic heterocycles. The molecule has 0 radical (unpaired) electrons. The first-order chi connectivity index (χ1) is 47.3. The molecule has 5 heterocycles. The average Bonchev–Trinajstić information content (AvgIpc) is 1.58. The zero-order chi connectivity index (χ0) is 69.2. The molecule has 98 heavy (non-hydrogen) atoms. The van der Waals surface area contributed by atoms with Crippen LogP contribution >= 0.6 is 0 Å². The quantitative estimate of drug-likeness (QED) is 0.153. The monoisotopic (exact) mass is 1310 g/mol. The molecule has 5 heteroatoms. The van der Waals surface area contributed by atoms with Gasteiger partial charge in [-0.3, -0.25) is 0 Å². The third kappa shape index (κ3) is 13.7. The maximum atomic E-state index is 8.73. The molecule has 0 saturated heterocycles. The number of hydrogen-bond donors (Lipinski definition) is 0. The van der Waals surface area contributed by atoms with Crippen molar-refractivity contribution in [2.24, 2.45) is 47.1 Å². The van der Waals surface area contributed by atoms with Crippen molar-refractivity contribution in [2.45, 2.75) is 203 Å². The number of benzene rings is 5. The predicted octanol–water partition coefficient (Wildman–Crippen LogP) is 20.9. The van der Waals surface area contributed by atoms with E-state index in [4.69, 9.17) is 8.22 Å². The van der Waals surface area contributed by atoms with Gasteiger partial charge in [0, 0.05) is 94.2 Å². The van der Waals surface area contributed by atoms with E-state index in [0.717, 1.165) is 78.5 Å². The van der Waals surface area contributed by atoms with Gasteiger partial charge in [-0.05, 0) is 264 Å². The highest BCUT2D eigenvalue weighted by molar-refractivity contribution is 5.68. The molecule has 4 fully saturated rings. The predicted molar refractivity (Wildman–Crippen MR) is 412 cm³/mol. The van der Waals surface area contributed by atoms with E-state index in [2.05, 4.69) is 220 Å². The van der Waals surface area contributed by atoms with Crippen LogP contribution in [0, 0.1) is 46.5 Å². The fraction of sp³-hybridized carbons (Fsp3) is 0.409. The lowest BCUT2D eigenvalue weighted by atomic mass is 9.63. The van der Waals surface area contributed by atoms with Crippen molar-refractivity contribution in [1.82, 2.24) is 0 Å². The van der Waals surface area contributed by atoms with Crippen LogP contribution in [0.3, 0.4) is 0 Å². The van der Waals surface area contributed by atoms with Gasteiger partial charge in [0.05, 0.1) is 0 Å². The van der Waals surface area contributed by atoms with E-state index in [-0.39, 0.29) is 55.3 Å². The Hall–Kier alpha value is -8.15. The summed E-state index contributed by atoms with van der Waals surface area (Å²) in [4.78, 5) is 0. The van der Waals surface area contributed by atoms with E-state index < -0.39 is 12.7 Å². The third-order valence-corrected chi connectivity index (χ3v) is 22.9. The van der Waals surface area contributed by atoms with Crippen molar-refractivity contribution in [3.05, 3.63) is 266 Å². The fourth-order valence-electron chi connectivity index (χ4n) is 17.7. The molecule has 11 aliphatic carbocycles. The van der Waals surface area contributed by atoms with E-state index >= 15 is 0 Å². The van der Waals surface area contributed by atoms with Crippen LogP contribution in [0.4, 0.5) is 0 Å². The lowest BCUT2D eigenvalue weighted by Crippen LogP contribution is -2.37. The molecule has 5 nitrogen and oxygen atoms in total. The first-order valence-electron chi connectivity index (χ1n) is 37.8. The molecular formula is C93H118N5+5. The summed E-state index contributed by atoms with van der Waals surface area (Å²) in [5, 5.41) is 0. The van der Waals surface area contributed by atoms with Crippen LogP contribution in [-0.2, 0) is 60.8 Å².